The molecule has 0 aliphatic heterocycles. The van der Waals surface area contributed by atoms with Gasteiger partial charge >= 0.3 is 0 Å². The molecule has 1 heterocycles. The van der Waals surface area contributed by atoms with Crippen molar-refractivity contribution >= 4 is 22.5 Å². The molecule has 2 rings (SSSR count). The van der Waals surface area contributed by atoms with Crippen LogP contribution in [0.1, 0.15) is 5.56 Å². The Labute approximate surface area is 87.7 Å². The number of halogens is 1. The zero-order valence-corrected chi connectivity index (χ0v) is 8.97. The monoisotopic (exact) mass is 209 g/mol. The van der Waals surface area contributed by atoms with E-state index in [1.807, 2.05) is 26.2 Å². The van der Waals surface area contributed by atoms with Gasteiger partial charge in [0.1, 0.15) is 5.15 Å². The Morgan fingerprint density at radius 2 is 2.29 bits per heavy atom. The molecule has 2 aromatic rings. The van der Waals surface area contributed by atoms with E-state index in [2.05, 4.69) is 16.5 Å². The van der Waals surface area contributed by atoms with Crippen LogP contribution in [0.5, 0.6) is 0 Å². The van der Waals surface area contributed by atoms with Crippen LogP contribution in [-0.4, -0.2) is 16.8 Å². The number of hydrogen-bond acceptors (Lipinski definition) is 2. The lowest BCUT2D eigenvalue weighted by Gasteiger charge is -1.99. The fraction of sp³-hybridized carbons (Fsp3) is 0.300. The molecule has 0 aliphatic carbocycles. The SMILES string of the molecule is CNCc1cccc2c(Cl)n(C)nc12. The van der Waals surface area contributed by atoms with Gasteiger partial charge in [0.15, 0.2) is 0 Å². The first-order valence-corrected chi connectivity index (χ1v) is 4.86. The molecule has 0 fully saturated rings. The second-order valence-corrected chi connectivity index (χ2v) is 3.62. The Bertz CT molecular complexity index is 462. The molecule has 14 heavy (non-hydrogen) atoms. The largest absolute Gasteiger partial charge is 0.316 e. The number of aromatic nitrogens is 2. The third-order valence-electron chi connectivity index (χ3n) is 2.24. The minimum Gasteiger partial charge on any atom is -0.316 e. The van der Waals surface area contributed by atoms with Gasteiger partial charge in [0.05, 0.1) is 5.52 Å². The second-order valence-electron chi connectivity index (χ2n) is 3.26. The van der Waals surface area contributed by atoms with Gasteiger partial charge in [-0.1, -0.05) is 23.7 Å². The summed E-state index contributed by atoms with van der Waals surface area (Å²) < 4.78 is 1.70. The molecule has 0 aliphatic rings. The smallest absolute Gasteiger partial charge is 0.134 e. The number of fused-ring (bicyclic) bond motifs is 1. The molecule has 0 amide bonds. The number of aryl methyl sites for hydroxylation is 1. The molecule has 1 N–H and O–H groups in total. The van der Waals surface area contributed by atoms with Crippen LogP contribution in [0.3, 0.4) is 0 Å². The highest BCUT2D eigenvalue weighted by molar-refractivity contribution is 6.34. The summed E-state index contributed by atoms with van der Waals surface area (Å²) in [5, 5.41) is 9.20. The van der Waals surface area contributed by atoms with Gasteiger partial charge in [-0.3, -0.25) is 4.68 Å². The maximum atomic E-state index is 6.09. The molecule has 74 valence electrons. The summed E-state index contributed by atoms with van der Waals surface area (Å²) in [6.07, 6.45) is 0. The molecule has 0 saturated heterocycles. The number of rotatable bonds is 2. The van der Waals surface area contributed by atoms with Crippen LogP contribution in [0.25, 0.3) is 10.9 Å². The molecule has 3 nitrogen and oxygen atoms in total. The van der Waals surface area contributed by atoms with E-state index in [9.17, 15) is 0 Å². The molecule has 1 aromatic carbocycles. The first kappa shape index (κ1) is 9.49. The lowest BCUT2D eigenvalue weighted by Crippen LogP contribution is -2.05. The van der Waals surface area contributed by atoms with Gasteiger partial charge in [0, 0.05) is 19.0 Å². The number of nitrogens with one attached hydrogen (secondary N) is 1. The van der Waals surface area contributed by atoms with Crippen LogP contribution >= 0.6 is 11.6 Å². The highest BCUT2D eigenvalue weighted by atomic mass is 35.5. The van der Waals surface area contributed by atoms with Crippen molar-refractivity contribution in [3.05, 3.63) is 28.9 Å². The molecular weight excluding hydrogens is 198 g/mol. The Hall–Kier alpha value is -1.06. The summed E-state index contributed by atoms with van der Waals surface area (Å²) in [6.45, 7) is 0.810. The minimum absolute atomic E-state index is 0.693. The van der Waals surface area contributed by atoms with Gasteiger partial charge in [0.25, 0.3) is 0 Å². The highest BCUT2D eigenvalue weighted by Crippen LogP contribution is 2.24. The molecule has 0 radical (unpaired) electrons. The molecule has 0 bridgehead atoms. The van der Waals surface area contributed by atoms with E-state index in [-0.39, 0.29) is 0 Å². The van der Waals surface area contributed by atoms with E-state index in [1.165, 1.54) is 5.56 Å². The molecule has 0 saturated carbocycles. The average molecular weight is 210 g/mol. The molecule has 0 spiro atoms. The summed E-state index contributed by atoms with van der Waals surface area (Å²) in [5.41, 5.74) is 2.15. The molecule has 0 unspecified atom stereocenters. The van der Waals surface area contributed by atoms with E-state index in [4.69, 9.17) is 11.6 Å². The van der Waals surface area contributed by atoms with Gasteiger partial charge in [-0.25, -0.2) is 0 Å². The van der Waals surface area contributed by atoms with Crippen molar-refractivity contribution in [2.75, 3.05) is 7.05 Å². The van der Waals surface area contributed by atoms with Crippen LogP contribution in [-0.2, 0) is 13.6 Å². The maximum absolute atomic E-state index is 6.09. The molecule has 0 atom stereocenters. The van der Waals surface area contributed by atoms with Crippen LogP contribution in [0.2, 0.25) is 5.15 Å². The van der Waals surface area contributed by atoms with Gasteiger partial charge in [-0.2, -0.15) is 5.10 Å². The quantitative estimate of drug-likeness (QED) is 0.820. The summed E-state index contributed by atoms with van der Waals surface area (Å²) in [5.74, 6) is 0. The summed E-state index contributed by atoms with van der Waals surface area (Å²) in [6, 6.07) is 6.05. The molecule has 1 aromatic heterocycles. The topological polar surface area (TPSA) is 29.9 Å². The third kappa shape index (κ3) is 1.38. The van der Waals surface area contributed by atoms with Crippen LogP contribution < -0.4 is 5.32 Å². The Kier molecular flexibility index (Phi) is 2.44. The molecule has 4 heteroatoms. The van der Waals surface area contributed by atoms with E-state index >= 15 is 0 Å². The van der Waals surface area contributed by atoms with Crippen molar-refractivity contribution in [3.63, 3.8) is 0 Å². The van der Waals surface area contributed by atoms with Gasteiger partial charge < -0.3 is 5.32 Å². The van der Waals surface area contributed by atoms with Crippen molar-refractivity contribution in [2.24, 2.45) is 7.05 Å². The van der Waals surface area contributed by atoms with E-state index in [0.717, 1.165) is 17.4 Å². The van der Waals surface area contributed by atoms with Gasteiger partial charge in [-0.15, -0.1) is 0 Å². The fourth-order valence-corrected chi connectivity index (χ4v) is 1.77. The number of benzene rings is 1. The average Bonchev–Trinajstić information content (AvgIpc) is 2.46. The van der Waals surface area contributed by atoms with Crippen LogP contribution in [0.4, 0.5) is 0 Å². The van der Waals surface area contributed by atoms with Gasteiger partial charge in [-0.05, 0) is 18.7 Å². The predicted molar refractivity (Wildman–Crippen MR) is 58.5 cm³/mol. The zero-order valence-electron chi connectivity index (χ0n) is 8.21. The standard InChI is InChI=1S/C10H12ClN3/c1-12-6-7-4-3-5-8-9(7)13-14(2)10(8)11/h3-5,12H,6H2,1-2H3. The summed E-state index contributed by atoms with van der Waals surface area (Å²) in [7, 11) is 3.77. The van der Waals surface area contributed by atoms with Crippen molar-refractivity contribution in [1.82, 2.24) is 15.1 Å². The first-order valence-electron chi connectivity index (χ1n) is 4.48. The number of hydrogen-bond donors (Lipinski definition) is 1. The predicted octanol–water partition coefficient (Wildman–Crippen LogP) is 1.95. The zero-order chi connectivity index (χ0) is 10.1. The van der Waals surface area contributed by atoms with Crippen molar-refractivity contribution in [2.45, 2.75) is 6.54 Å². The van der Waals surface area contributed by atoms with Crippen LogP contribution in [0.15, 0.2) is 18.2 Å². The Morgan fingerprint density at radius 3 is 3.00 bits per heavy atom. The Morgan fingerprint density at radius 1 is 1.50 bits per heavy atom. The summed E-state index contributed by atoms with van der Waals surface area (Å²) >= 11 is 6.09. The highest BCUT2D eigenvalue weighted by Gasteiger charge is 2.08. The van der Waals surface area contributed by atoms with Crippen molar-refractivity contribution < 1.29 is 0 Å². The summed E-state index contributed by atoms with van der Waals surface area (Å²) in [4.78, 5) is 0. The Balaban J connectivity index is 2.68. The lowest BCUT2D eigenvalue weighted by molar-refractivity contribution is 0.772. The fourth-order valence-electron chi connectivity index (χ4n) is 1.58. The van der Waals surface area contributed by atoms with Crippen molar-refractivity contribution in [3.8, 4) is 0 Å². The van der Waals surface area contributed by atoms with E-state index in [1.54, 1.807) is 4.68 Å². The molecular formula is C10H12ClN3. The lowest BCUT2D eigenvalue weighted by atomic mass is 10.1. The number of nitrogens with zero attached hydrogens (tertiary/aromatic N) is 2. The van der Waals surface area contributed by atoms with E-state index in [0.29, 0.717) is 5.15 Å². The van der Waals surface area contributed by atoms with Crippen LogP contribution in [0, 0.1) is 0 Å². The minimum atomic E-state index is 0.693. The normalized spacial score (nSPS) is 11.1. The van der Waals surface area contributed by atoms with Crippen molar-refractivity contribution in [1.29, 1.82) is 0 Å². The van der Waals surface area contributed by atoms with Gasteiger partial charge in [0.2, 0.25) is 0 Å². The first-order chi connectivity index (χ1) is 6.74. The second kappa shape index (κ2) is 3.59. The maximum Gasteiger partial charge on any atom is 0.134 e. The third-order valence-corrected chi connectivity index (χ3v) is 2.69. The van der Waals surface area contributed by atoms with E-state index < -0.39 is 0 Å².